The van der Waals surface area contributed by atoms with Crippen LogP contribution < -0.4 is 5.73 Å². The maximum absolute atomic E-state index is 8.67. The highest BCUT2D eigenvalue weighted by Crippen LogP contribution is 2.37. The van der Waals surface area contributed by atoms with Crippen LogP contribution in [0.25, 0.3) is 6.08 Å². The summed E-state index contributed by atoms with van der Waals surface area (Å²) in [5.41, 5.74) is 8.05. The minimum Gasteiger partial charge on any atom is -0.409 e. The average molecular weight is 216 g/mol. The highest BCUT2D eigenvalue weighted by molar-refractivity contribution is 5.81. The summed E-state index contributed by atoms with van der Waals surface area (Å²) in [7, 11) is 0. The summed E-state index contributed by atoms with van der Waals surface area (Å²) in [5, 5.41) is 11.7. The van der Waals surface area contributed by atoms with Gasteiger partial charge in [-0.3, -0.25) is 0 Å². The highest BCUT2D eigenvalue weighted by Gasteiger charge is 2.30. The number of allylic oxidation sites excluding steroid dienone is 1. The number of oxime groups is 1. The SMILES string of the molecule is CC1(C/C(N)=N/O)CC=Cc2ccccc21. The van der Waals surface area contributed by atoms with Gasteiger partial charge >= 0.3 is 0 Å². The van der Waals surface area contributed by atoms with Gasteiger partial charge in [-0.05, 0) is 17.5 Å². The van der Waals surface area contributed by atoms with Crippen LogP contribution in [0.5, 0.6) is 0 Å². The van der Waals surface area contributed by atoms with Crippen molar-refractivity contribution in [3.05, 3.63) is 41.5 Å². The molecule has 0 saturated heterocycles. The lowest BCUT2D eigenvalue weighted by molar-refractivity contribution is 0.314. The zero-order chi connectivity index (χ0) is 11.6. The second-order valence-corrected chi connectivity index (χ2v) is 4.52. The van der Waals surface area contributed by atoms with Crippen molar-refractivity contribution in [3.63, 3.8) is 0 Å². The monoisotopic (exact) mass is 216 g/mol. The van der Waals surface area contributed by atoms with Crippen LogP contribution >= 0.6 is 0 Å². The van der Waals surface area contributed by atoms with Gasteiger partial charge in [-0.15, -0.1) is 0 Å². The second-order valence-electron chi connectivity index (χ2n) is 4.52. The number of rotatable bonds is 2. The molecule has 1 aromatic carbocycles. The van der Waals surface area contributed by atoms with Crippen LogP contribution in [0, 0.1) is 0 Å². The van der Waals surface area contributed by atoms with Crippen molar-refractivity contribution in [2.75, 3.05) is 0 Å². The van der Waals surface area contributed by atoms with Gasteiger partial charge in [0.15, 0.2) is 0 Å². The van der Waals surface area contributed by atoms with Crippen LogP contribution in [0.4, 0.5) is 0 Å². The number of hydrogen-bond donors (Lipinski definition) is 2. The molecular formula is C13H16N2O. The van der Waals surface area contributed by atoms with Gasteiger partial charge in [0.1, 0.15) is 5.84 Å². The van der Waals surface area contributed by atoms with Crippen LogP contribution in [0.15, 0.2) is 35.5 Å². The quantitative estimate of drug-likeness (QED) is 0.345. The van der Waals surface area contributed by atoms with Gasteiger partial charge < -0.3 is 10.9 Å². The molecule has 0 radical (unpaired) electrons. The highest BCUT2D eigenvalue weighted by atomic mass is 16.4. The Kier molecular flexibility index (Phi) is 2.69. The van der Waals surface area contributed by atoms with Crippen LogP contribution in [-0.2, 0) is 5.41 Å². The minimum absolute atomic E-state index is 0.0678. The first-order valence-corrected chi connectivity index (χ1v) is 5.38. The molecule has 0 heterocycles. The first-order chi connectivity index (χ1) is 7.65. The fourth-order valence-electron chi connectivity index (χ4n) is 2.35. The molecule has 0 fully saturated rings. The molecule has 0 bridgehead atoms. The van der Waals surface area contributed by atoms with E-state index in [1.165, 1.54) is 11.1 Å². The lowest BCUT2D eigenvalue weighted by Gasteiger charge is -2.32. The van der Waals surface area contributed by atoms with E-state index < -0.39 is 0 Å². The van der Waals surface area contributed by atoms with E-state index in [2.05, 4.69) is 36.4 Å². The summed E-state index contributed by atoms with van der Waals surface area (Å²) in [6.07, 6.45) is 5.77. The van der Waals surface area contributed by atoms with Crippen LogP contribution in [0.1, 0.15) is 30.9 Å². The van der Waals surface area contributed by atoms with E-state index >= 15 is 0 Å². The predicted octanol–water partition coefficient (Wildman–Crippen LogP) is 2.50. The molecule has 3 heteroatoms. The zero-order valence-corrected chi connectivity index (χ0v) is 9.35. The Hall–Kier alpha value is -1.77. The molecule has 3 nitrogen and oxygen atoms in total. The van der Waals surface area contributed by atoms with E-state index in [0.717, 1.165) is 6.42 Å². The summed E-state index contributed by atoms with van der Waals surface area (Å²) in [5.74, 6) is 0.285. The summed E-state index contributed by atoms with van der Waals surface area (Å²) < 4.78 is 0. The molecule has 0 aliphatic heterocycles. The number of fused-ring (bicyclic) bond motifs is 1. The molecule has 1 aliphatic rings. The molecule has 0 amide bonds. The Morgan fingerprint density at radius 2 is 2.25 bits per heavy atom. The van der Waals surface area contributed by atoms with Gasteiger partial charge in [0.2, 0.25) is 0 Å². The molecule has 2 rings (SSSR count). The Balaban J connectivity index is 2.40. The Morgan fingerprint density at radius 1 is 1.50 bits per heavy atom. The van der Waals surface area contributed by atoms with E-state index in [-0.39, 0.29) is 11.3 Å². The smallest absolute Gasteiger partial charge is 0.140 e. The van der Waals surface area contributed by atoms with Crippen LogP contribution in [0.2, 0.25) is 0 Å². The minimum atomic E-state index is -0.0678. The Morgan fingerprint density at radius 3 is 3.00 bits per heavy atom. The van der Waals surface area contributed by atoms with E-state index in [1.54, 1.807) is 0 Å². The fourth-order valence-corrected chi connectivity index (χ4v) is 2.35. The molecule has 1 unspecified atom stereocenters. The second kappa shape index (κ2) is 4.00. The van der Waals surface area contributed by atoms with E-state index in [9.17, 15) is 0 Å². The molecule has 16 heavy (non-hydrogen) atoms. The van der Waals surface area contributed by atoms with Gasteiger partial charge in [-0.2, -0.15) is 0 Å². The molecule has 1 aromatic rings. The number of nitrogens with zero attached hydrogens (tertiary/aromatic N) is 1. The largest absolute Gasteiger partial charge is 0.409 e. The topological polar surface area (TPSA) is 58.6 Å². The molecule has 0 aromatic heterocycles. The van der Waals surface area contributed by atoms with Crippen LogP contribution in [-0.4, -0.2) is 11.0 Å². The van der Waals surface area contributed by atoms with Gasteiger partial charge in [0, 0.05) is 11.8 Å². The number of nitrogens with two attached hydrogens (primary N) is 1. The van der Waals surface area contributed by atoms with Gasteiger partial charge in [-0.1, -0.05) is 48.5 Å². The third kappa shape index (κ3) is 1.81. The number of benzene rings is 1. The van der Waals surface area contributed by atoms with Crippen molar-refractivity contribution in [1.82, 2.24) is 0 Å². The van der Waals surface area contributed by atoms with Crippen molar-refractivity contribution in [3.8, 4) is 0 Å². The predicted molar refractivity (Wildman–Crippen MR) is 65.5 cm³/mol. The number of hydrogen-bond acceptors (Lipinski definition) is 2. The summed E-state index contributed by atoms with van der Waals surface area (Å²) in [4.78, 5) is 0. The number of amidine groups is 1. The van der Waals surface area contributed by atoms with Crippen molar-refractivity contribution in [1.29, 1.82) is 0 Å². The molecule has 0 spiro atoms. The van der Waals surface area contributed by atoms with Gasteiger partial charge in [0.25, 0.3) is 0 Å². The van der Waals surface area contributed by atoms with Gasteiger partial charge in [0.05, 0.1) is 0 Å². The molecule has 3 N–H and O–H groups in total. The molecule has 84 valence electrons. The van der Waals surface area contributed by atoms with E-state index in [0.29, 0.717) is 6.42 Å². The zero-order valence-electron chi connectivity index (χ0n) is 9.35. The third-order valence-corrected chi connectivity index (χ3v) is 3.18. The standard InChI is InChI=1S/C13H16N2O/c1-13(9-12(14)15-16)8-4-6-10-5-2-3-7-11(10)13/h2-7,16H,8-9H2,1H3,(H2,14,15). The summed E-state index contributed by atoms with van der Waals surface area (Å²) in [6.45, 7) is 2.15. The maximum atomic E-state index is 8.67. The van der Waals surface area contributed by atoms with E-state index in [1.807, 2.05) is 12.1 Å². The van der Waals surface area contributed by atoms with Gasteiger partial charge in [-0.25, -0.2) is 0 Å². The molecule has 1 aliphatic carbocycles. The molecule has 0 saturated carbocycles. The molecular weight excluding hydrogens is 200 g/mol. The maximum Gasteiger partial charge on any atom is 0.140 e. The molecule has 1 atom stereocenters. The van der Waals surface area contributed by atoms with Crippen molar-refractivity contribution in [2.45, 2.75) is 25.2 Å². The Bertz CT molecular complexity index is 451. The lowest BCUT2D eigenvalue weighted by atomic mass is 9.72. The van der Waals surface area contributed by atoms with E-state index in [4.69, 9.17) is 10.9 Å². The van der Waals surface area contributed by atoms with Crippen molar-refractivity contribution >= 4 is 11.9 Å². The first-order valence-electron chi connectivity index (χ1n) is 5.38. The fraction of sp³-hybridized carbons (Fsp3) is 0.308. The van der Waals surface area contributed by atoms with Crippen molar-refractivity contribution < 1.29 is 5.21 Å². The van der Waals surface area contributed by atoms with Crippen LogP contribution in [0.3, 0.4) is 0 Å². The first kappa shape index (κ1) is 10.7. The normalized spacial score (nSPS) is 24.2. The van der Waals surface area contributed by atoms with Crippen molar-refractivity contribution in [2.24, 2.45) is 10.9 Å². The average Bonchev–Trinajstić information content (AvgIpc) is 2.29. The Labute approximate surface area is 95.3 Å². The summed E-state index contributed by atoms with van der Waals surface area (Å²) >= 11 is 0. The summed E-state index contributed by atoms with van der Waals surface area (Å²) in [6, 6.07) is 8.26. The lowest BCUT2D eigenvalue weighted by Crippen LogP contribution is -2.31. The third-order valence-electron chi connectivity index (χ3n) is 3.18.